The number of aromatic carboxylic acids is 1. The molecule has 0 fully saturated rings. The molecule has 0 aliphatic carbocycles. The number of pyridine rings is 1. The largest absolute Gasteiger partial charge is 0.478 e. The van der Waals surface area contributed by atoms with Gasteiger partial charge in [-0.3, -0.25) is 0 Å². The Morgan fingerprint density at radius 1 is 1.40 bits per heavy atom. The fourth-order valence-electron chi connectivity index (χ4n) is 0.917. The van der Waals surface area contributed by atoms with Crippen molar-refractivity contribution in [1.82, 2.24) is 9.97 Å². The predicted octanol–water partition coefficient (Wildman–Crippen LogP) is 1.92. The molecule has 76 valence electrons. The van der Waals surface area contributed by atoms with E-state index in [0.29, 0.717) is 10.2 Å². The van der Waals surface area contributed by atoms with E-state index in [4.69, 9.17) is 9.52 Å². The summed E-state index contributed by atoms with van der Waals surface area (Å²) in [6.07, 6.45) is 4.30. The zero-order valence-corrected chi connectivity index (χ0v) is 8.27. The van der Waals surface area contributed by atoms with Gasteiger partial charge < -0.3 is 9.52 Å². The van der Waals surface area contributed by atoms with E-state index in [1.54, 1.807) is 6.07 Å². The zero-order chi connectivity index (χ0) is 10.7. The molecule has 5 nitrogen and oxygen atoms in total. The summed E-state index contributed by atoms with van der Waals surface area (Å²) in [5, 5.41) is 9.77. The Kier molecular flexibility index (Phi) is 2.68. The predicted molar refractivity (Wildman–Crippen MR) is 51.8 cm³/mol. The van der Waals surface area contributed by atoms with Gasteiger partial charge in [0.25, 0.3) is 5.22 Å². The van der Waals surface area contributed by atoms with Gasteiger partial charge >= 0.3 is 5.97 Å². The van der Waals surface area contributed by atoms with Crippen LogP contribution >= 0.6 is 11.8 Å². The third-order valence-electron chi connectivity index (χ3n) is 1.58. The number of nitrogens with zero attached hydrogens (tertiary/aromatic N) is 2. The maximum Gasteiger partial charge on any atom is 0.337 e. The van der Waals surface area contributed by atoms with Gasteiger partial charge in [-0.25, -0.2) is 14.8 Å². The summed E-state index contributed by atoms with van der Waals surface area (Å²) in [6.45, 7) is 0. The van der Waals surface area contributed by atoms with Crippen LogP contribution in [0.25, 0.3) is 0 Å². The summed E-state index contributed by atoms with van der Waals surface area (Å²) in [5.74, 6) is -0.991. The van der Waals surface area contributed by atoms with Crippen LogP contribution < -0.4 is 0 Å². The number of hydrogen-bond acceptors (Lipinski definition) is 5. The van der Waals surface area contributed by atoms with E-state index >= 15 is 0 Å². The van der Waals surface area contributed by atoms with Crippen LogP contribution in [0.4, 0.5) is 0 Å². The lowest BCUT2D eigenvalue weighted by Crippen LogP contribution is -1.96. The molecule has 0 saturated heterocycles. The van der Waals surface area contributed by atoms with E-state index in [0.717, 1.165) is 0 Å². The van der Waals surface area contributed by atoms with Crippen molar-refractivity contribution in [2.75, 3.05) is 0 Å². The van der Waals surface area contributed by atoms with Gasteiger partial charge in [0.1, 0.15) is 11.3 Å². The Balaban J connectivity index is 2.14. The lowest BCUT2D eigenvalue weighted by atomic mass is 10.3. The summed E-state index contributed by atoms with van der Waals surface area (Å²) in [7, 11) is 0. The van der Waals surface area contributed by atoms with E-state index in [9.17, 15) is 4.79 Å². The van der Waals surface area contributed by atoms with E-state index < -0.39 is 5.97 Å². The van der Waals surface area contributed by atoms with Crippen molar-refractivity contribution < 1.29 is 14.3 Å². The number of carbonyl (C=O) groups is 1. The number of aromatic nitrogens is 2. The molecule has 0 unspecified atom stereocenters. The van der Waals surface area contributed by atoms with Gasteiger partial charge in [-0.05, 0) is 23.9 Å². The topological polar surface area (TPSA) is 76.2 Å². The Morgan fingerprint density at radius 2 is 2.27 bits per heavy atom. The van der Waals surface area contributed by atoms with E-state index in [2.05, 4.69) is 9.97 Å². The summed E-state index contributed by atoms with van der Waals surface area (Å²) >= 11 is 1.23. The molecule has 6 heteroatoms. The van der Waals surface area contributed by atoms with Crippen molar-refractivity contribution in [1.29, 1.82) is 0 Å². The molecule has 2 aromatic heterocycles. The van der Waals surface area contributed by atoms with Gasteiger partial charge in [0.05, 0.1) is 11.8 Å². The number of hydrogen-bond donors (Lipinski definition) is 1. The van der Waals surface area contributed by atoms with Gasteiger partial charge in [-0.1, -0.05) is 0 Å². The Morgan fingerprint density at radius 3 is 2.80 bits per heavy atom. The SMILES string of the molecule is O=C(O)c1ccc(Sc2ncco2)nc1. The van der Waals surface area contributed by atoms with Crippen LogP contribution in [0.15, 0.2) is 45.5 Å². The fraction of sp³-hybridized carbons (Fsp3) is 0. The second kappa shape index (κ2) is 4.14. The van der Waals surface area contributed by atoms with Crippen molar-refractivity contribution in [2.45, 2.75) is 10.2 Å². The minimum absolute atomic E-state index is 0.159. The van der Waals surface area contributed by atoms with Crippen LogP contribution in [0.3, 0.4) is 0 Å². The molecule has 2 rings (SSSR count). The molecule has 1 N–H and O–H groups in total. The third-order valence-corrected chi connectivity index (χ3v) is 2.41. The van der Waals surface area contributed by atoms with Crippen LogP contribution in [0.1, 0.15) is 10.4 Å². The van der Waals surface area contributed by atoms with Gasteiger partial charge in [0.2, 0.25) is 0 Å². The van der Waals surface area contributed by atoms with Gasteiger partial charge in [-0.15, -0.1) is 0 Å². The first kappa shape index (κ1) is 9.72. The maximum absolute atomic E-state index is 10.6. The Hall–Kier alpha value is -1.82. The quantitative estimate of drug-likeness (QED) is 0.854. The molecule has 0 aromatic carbocycles. The van der Waals surface area contributed by atoms with Crippen LogP contribution in [0.2, 0.25) is 0 Å². The highest BCUT2D eigenvalue weighted by Gasteiger charge is 2.05. The molecule has 0 atom stereocenters. The standard InChI is InChI=1S/C9H6N2O3S/c12-8(13)6-1-2-7(11-5-6)15-9-10-3-4-14-9/h1-5H,(H,12,13). The summed E-state index contributed by atoms with van der Waals surface area (Å²) < 4.78 is 5.01. The highest BCUT2D eigenvalue weighted by Crippen LogP contribution is 2.23. The molecular formula is C9H6N2O3S. The van der Waals surface area contributed by atoms with Crippen LogP contribution in [0.5, 0.6) is 0 Å². The molecule has 0 aliphatic rings. The lowest BCUT2D eigenvalue weighted by molar-refractivity contribution is 0.0696. The van der Waals surface area contributed by atoms with E-state index in [1.807, 2.05) is 0 Å². The molecule has 0 amide bonds. The van der Waals surface area contributed by atoms with Gasteiger partial charge in [0.15, 0.2) is 0 Å². The number of oxazole rings is 1. The van der Waals surface area contributed by atoms with E-state index in [1.165, 1.54) is 36.5 Å². The lowest BCUT2D eigenvalue weighted by Gasteiger charge is -1.96. The highest BCUT2D eigenvalue weighted by atomic mass is 32.2. The molecular weight excluding hydrogens is 216 g/mol. The smallest absolute Gasteiger partial charge is 0.337 e. The molecule has 2 heterocycles. The number of carboxylic acid groups (broad SMARTS) is 1. The van der Waals surface area contributed by atoms with Gasteiger partial charge in [-0.2, -0.15) is 0 Å². The average molecular weight is 222 g/mol. The molecule has 0 aliphatic heterocycles. The Labute approximate surface area is 89.2 Å². The molecule has 2 aromatic rings. The summed E-state index contributed by atoms with van der Waals surface area (Å²) in [4.78, 5) is 18.4. The molecule has 0 radical (unpaired) electrons. The fourth-order valence-corrected chi connectivity index (χ4v) is 1.56. The highest BCUT2D eigenvalue weighted by molar-refractivity contribution is 7.99. The monoisotopic (exact) mass is 222 g/mol. The number of carboxylic acids is 1. The van der Waals surface area contributed by atoms with Crippen LogP contribution in [0, 0.1) is 0 Å². The summed E-state index contributed by atoms with van der Waals surface area (Å²) in [6, 6.07) is 3.10. The minimum atomic E-state index is -0.991. The molecule has 0 spiro atoms. The molecule has 0 saturated carbocycles. The third kappa shape index (κ3) is 2.35. The Bertz CT molecular complexity index is 453. The van der Waals surface area contributed by atoms with Gasteiger partial charge in [0, 0.05) is 6.20 Å². The van der Waals surface area contributed by atoms with Crippen molar-refractivity contribution in [3.63, 3.8) is 0 Å². The second-order valence-corrected chi connectivity index (χ2v) is 3.56. The first-order chi connectivity index (χ1) is 7.25. The molecule has 15 heavy (non-hydrogen) atoms. The van der Waals surface area contributed by atoms with Crippen molar-refractivity contribution in [3.05, 3.63) is 36.4 Å². The first-order valence-corrected chi connectivity index (χ1v) is 4.84. The van der Waals surface area contributed by atoms with E-state index in [-0.39, 0.29) is 5.56 Å². The van der Waals surface area contributed by atoms with Crippen molar-refractivity contribution >= 4 is 17.7 Å². The van der Waals surface area contributed by atoms with Crippen molar-refractivity contribution in [2.24, 2.45) is 0 Å². The average Bonchev–Trinajstić information content (AvgIpc) is 2.71. The second-order valence-electron chi connectivity index (χ2n) is 2.59. The first-order valence-electron chi connectivity index (χ1n) is 4.02. The number of rotatable bonds is 3. The zero-order valence-electron chi connectivity index (χ0n) is 7.45. The molecule has 0 bridgehead atoms. The van der Waals surface area contributed by atoms with Crippen LogP contribution in [-0.4, -0.2) is 21.0 Å². The minimum Gasteiger partial charge on any atom is -0.478 e. The van der Waals surface area contributed by atoms with Crippen LogP contribution in [-0.2, 0) is 0 Å². The van der Waals surface area contributed by atoms with Crippen molar-refractivity contribution in [3.8, 4) is 0 Å². The summed E-state index contributed by atoms with van der Waals surface area (Å²) in [5.41, 5.74) is 0.159. The maximum atomic E-state index is 10.6. The normalized spacial score (nSPS) is 10.1.